The molecule has 6 nitrogen and oxygen atoms in total. The van der Waals surface area contributed by atoms with Crippen LogP contribution in [-0.4, -0.2) is 33.1 Å². The maximum absolute atomic E-state index is 11.5. The van der Waals surface area contributed by atoms with E-state index in [9.17, 15) is 9.90 Å². The molecule has 0 fully saturated rings. The van der Waals surface area contributed by atoms with Crippen molar-refractivity contribution in [2.45, 2.75) is 6.10 Å². The molecule has 1 atom stereocenters. The fourth-order valence-corrected chi connectivity index (χ4v) is 2.44. The number of rotatable bonds is 4. The summed E-state index contributed by atoms with van der Waals surface area (Å²) in [5.74, 6) is -1.02. The van der Waals surface area contributed by atoms with Gasteiger partial charge in [-0.05, 0) is 23.8 Å². The van der Waals surface area contributed by atoms with Gasteiger partial charge in [-0.25, -0.2) is 14.8 Å². The van der Waals surface area contributed by atoms with Crippen LogP contribution in [0.25, 0.3) is 10.9 Å². The summed E-state index contributed by atoms with van der Waals surface area (Å²) in [5.41, 5.74) is 2.07. The Morgan fingerprint density at radius 3 is 2.68 bits per heavy atom. The Bertz CT molecular complexity index is 821. The molecule has 6 heteroatoms. The third-order valence-electron chi connectivity index (χ3n) is 3.38. The monoisotopic (exact) mass is 295 g/mol. The Hall–Kier alpha value is -2.86. The smallest absolute Gasteiger partial charge is 0.337 e. The fraction of sp³-hybridized carbons (Fsp3) is 0.125. The first-order valence-electron chi connectivity index (χ1n) is 6.60. The van der Waals surface area contributed by atoms with E-state index < -0.39 is 12.1 Å². The first-order valence-corrected chi connectivity index (χ1v) is 6.60. The number of nitrogens with zero attached hydrogens (tertiary/aromatic N) is 3. The van der Waals surface area contributed by atoms with Crippen LogP contribution in [-0.2, 0) is 4.74 Å². The van der Waals surface area contributed by atoms with Gasteiger partial charge in [-0.3, -0.25) is 4.98 Å². The number of benzene rings is 1. The maximum Gasteiger partial charge on any atom is 0.337 e. The lowest BCUT2D eigenvalue weighted by molar-refractivity contribution is 0.0698. The molecule has 1 aromatic carbocycles. The molecule has 2 heterocycles. The van der Waals surface area contributed by atoms with Gasteiger partial charge in [0.05, 0.1) is 11.1 Å². The van der Waals surface area contributed by atoms with E-state index in [1.165, 1.54) is 6.33 Å². The predicted octanol–water partition coefficient (Wildman–Crippen LogP) is 2.46. The van der Waals surface area contributed by atoms with E-state index in [0.29, 0.717) is 5.52 Å². The second-order valence-corrected chi connectivity index (χ2v) is 4.74. The highest BCUT2D eigenvalue weighted by Crippen LogP contribution is 2.29. The maximum atomic E-state index is 11.5. The van der Waals surface area contributed by atoms with Gasteiger partial charge in [-0.1, -0.05) is 6.07 Å². The summed E-state index contributed by atoms with van der Waals surface area (Å²) in [6, 6.07) is 7.05. The summed E-state index contributed by atoms with van der Waals surface area (Å²) in [5, 5.41) is 10.2. The number of carboxylic acids is 1. The van der Waals surface area contributed by atoms with Crippen molar-refractivity contribution in [3.05, 3.63) is 65.9 Å². The Balaban J connectivity index is 2.20. The second-order valence-electron chi connectivity index (χ2n) is 4.74. The molecule has 0 amide bonds. The number of ether oxygens (including phenoxy) is 1. The first kappa shape index (κ1) is 14.1. The number of carboxylic acid groups (broad SMARTS) is 1. The quantitative estimate of drug-likeness (QED) is 0.795. The van der Waals surface area contributed by atoms with E-state index in [4.69, 9.17) is 4.74 Å². The van der Waals surface area contributed by atoms with E-state index in [2.05, 4.69) is 15.0 Å². The molecule has 22 heavy (non-hydrogen) atoms. The van der Waals surface area contributed by atoms with Crippen LogP contribution >= 0.6 is 0 Å². The minimum absolute atomic E-state index is 0.145. The third-order valence-corrected chi connectivity index (χ3v) is 3.38. The number of pyridine rings is 1. The topological polar surface area (TPSA) is 85.2 Å². The third kappa shape index (κ3) is 2.51. The lowest BCUT2D eigenvalue weighted by Crippen LogP contribution is -2.07. The van der Waals surface area contributed by atoms with Gasteiger partial charge in [-0.15, -0.1) is 0 Å². The summed E-state index contributed by atoms with van der Waals surface area (Å²) in [6.45, 7) is 0. The molecule has 2 aromatic heterocycles. The number of fused-ring (bicyclic) bond motifs is 1. The number of hydrogen-bond acceptors (Lipinski definition) is 5. The Kier molecular flexibility index (Phi) is 3.76. The summed E-state index contributed by atoms with van der Waals surface area (Å²) in [7, 11) is 1.56. The van der Waals surface area contributed by atoms with E-state index in [-0.39, 0.29) is 5.56 Å². The van der Waals surface area contributed by atoms with E-state index >= 15 is 0 Å². The van der Waals surface area contributed by atoms with Crippen LogP contribution in [0.2, 0.25) is 0 Å². The van der Waals surface area contributed by atoms with Gasteiger partial charge in [0, 0.05) is 36.7 Å². The van der Waals surface area contributed by atoms with Crippen LogP contribution in [0.4, 0.5) is 0 Å². The summed E-state index contributed by atoms with van der Waals surface area (Å²) in [4.78, 5) is 23.6. The zero-order valence-corrected chi connectivity index (χ0v) is 11.8. The number of hydrogen-bond donors (Lipinski definition) is 1. The van der Waals surface area contributed by atoms with Crippen LogP contribution in [0, 0.1) is 0 Å². The van der Waals surface area contributed by atoms with Crippen molar-refractivity contribution in [2.75, 3.05) is 7.11 Å². The first-order chi connectivity index (χ1) is 10.7. The van der Waals surface area contributed by atoms with E-state index in [1.807, 2.05) is 12.1 Å². The van der Waals surface area contributed by atoms with Gasteiger partial charge in [-0.2, -0.15) is 0 Å². The van der Waals surface area contributed by atoms with Crippen molar-refractivity contribution in [3.8, 4) is 0 Å². The zero-order valence-electron chi connectivity index (χ0n) is 11.8. The van der Waals surface area contributed by atoms with E-state index in [1.54, 1.807) is 37.8 Å². The van der Waals surface area contributed by atoms with Gasteiger partial charge in [0.25, 0.3) is 0 Å². The SMILES string of the molecule is COC(c1cncnc1)c1cc(C(=O)O)c2ncccc2c1. The standard InChI is InChI=1S/C16H13N3O3/c1-22-15(12-7-17-9-18-8-12)11-5-10-3-2-4-19-14(10)13(6-11)16(20)21/h2-9,15H,1H3,(H,20,21). The molecule has 1 unspecified atom stereocenters. The molecular formula is C16H13N3O3. The highest BCUT2D eigenvalue weighted by atomic mass is 16.5. The molecule has 0 radical (unpaired) electrons. The van der Waals surface area contributed by atoms with Gasteiger partial charge in [0.1, 0.15) is 12.4 Å². The van der Waals surface area contributed by atoms with Crippen LogP contribution in [0.1, 0.15) is 27.6 Å². The minimum atomic E-state index is -1.02. The molecule has 0 aliphatic heterocycles. The van der Waals surface area contributed by atoms with E-state index in [0.717, 1.165) is 16.5 Å². The Labute approximate surface area is 126 Å². The fourth-order valence-electron chi connectivity index (χ4n) is 2.44. The van der Waals surface area contributed by atoms with Crippen LogP contribution in [0.5, 0.6) is 0 Å². The Morgan fingerprint density at radius 1 is 1.23 bits per heavy atom. The van der Waals surface area contributed by atoms with Crippen molar-refractivity contribution < 1.29 is 14.6 Å². The number of aromatic carboxylic acids is 1. The lowest BCUT2D eigenvalue weighted by Gasteiger charge is -2.17. The van der Waals surface area contributed by atoms with Crippen molar-refractivity contribution in [1.82, 2.24) is 15.0 Å². The molecule has 0 aliphatic carbocycles. The second kappa shape index (κ2) is 5.87. The number of carbonyl (C=O) groups is 1. The van der Waals surface area contributed by atoms with Gasteiger partial charge < -0.3 is 9.84 Å². The predicted molar refractivity (Wildman–Crippen MR) is 79.6 cm³/mol. The van der Waals surface area contributed by atoms with Crippen molar-refractivity contribution in [2.24, 2.45) is 0 Å². The molecule has 0 bridgehead atoms. The highest BCUT2D eigenvalue weighted by Gasteiger charge is 2.19. The molecule has 0 aliphatic rings. The van der Waals surface area contributed by atoms with Gasteiger partial charge >= 0.3 is 5.97 Å². The Morgan fingerprint density at radius 2 is 2.00 bits per heavy atom. The zero-order chi connectivity index (χ0) is 15.5. The van der Waals surface area contributed by atoms with Gasteiger partial charge in [0.15, 0.2) is 0 Å². The molecule has 3 rings (SSSR count). The van der Waals surface area contributed by atoms with Crippen LogP contribution in [0.3, 0.4) is 0 Å². The molecule has 3 aromatic rings. The molecule has 110 valence electrons. The molecular weight excluding hydrogens is 282 g/mol. The van der Waals surface area contributed by atoms with Crippen LogP contribution in [0.15, 0.2) is 49.2 Å². The van der Waals surface area contributed by atoms with Crippen molar-refractivity contribution >= 4 is 16.9 Å². The summed E-state index contributed by atoms with van der Waals surface area (Å²) >= 11 is 0. The lowest BCUT2D eigenvalue weighted by atomic mass is 9.98. The molecule has 0 saturated carbocycles. The summed E-state index contributed by atoms with van der Waals surface area (Å²) < 4.78 is 5.51. The average molecular weight is 295 g/mol. The van der Waals surface area contributed by atoms with Crippen molar-refractivity contribution in [1.29, 1.82) is 0 Å². The summed E-state index contributed by atoms with van der Waals surface area (Å²) in [6.07, 6.45) is 5.87. The van der Waals surface area contributed by atoms with Gasteiger partial charge in [0.2, 0.25) is 0 Å². The molecule has 0 spiro atoms. The highest BCUT2D eigenvalue weighted by molar-refractivity contribution is 6.02. The minimum Gasteiger partial charge on any atom is -0.478 e. The number of methoxy groups -OCH3 is 1. The average Bonchev–Trinajstić information content (AvgIpc) is 2.55. The van der Waals surface area contributed by atoms with Crippen molar-refractivity contribution in [3.63, 3.8) is 0 Å². The molecule has 0 saturated heterocycles. The normalized spacial score (nSPS) is 12.2. The largest absolute Gasteiger partial charge is 0.478 e. The van der Waals surface area contributed by atoms with Crippen LogP contribution < -0.4 is 0 Å². The molecule has 1 N–H and O–H groups in total. The number of aromatic nitrogens is 3.